The van der Waals surface area contributed by atoms with Crippen molar-refractivity contribution in [1.82, 2.24) is 0 Å². The van der Waals surface area contributed by atoms with Crippen LogP contribution in [0.4, 0.5) is 0 Å². The molecule has 0 aromatic heterocycles. The normalized spacial score (nSPS) is 9.62. The van der Waals surface area contributed by atoms with Crippen LogP contribution in [0.2, 0.25) is 0 Å². The Labute approximate surface area is 96.1 Å². The van der Waals surface area contributed by atoms with Gasteiger partial charge >= 0.3 is 0 Å². The van der Waals surface area contributed by atoms with E-state index in [1.165, 1.54) is 10.8 Å². The summed E-state index contributed by atoms with van der Waals surface area (Å²) >= 11 is 0. The summed E-state index contributed by atoms with van der Waals surface area (Å²) in [5.41, 5.74) is 1.07. The Morgan fingerprint density at radius 1 is 1.06 bits per heavy atom. The van der Waals surface area contributed by atoms with E-state index in [9.17, 15) is 0 Å². The predicted molar refractivity (Wildman–Crippen MR) is 67.7 cm³/mol. The fraction of sp³-hybridized carbons (Fsp3) is 0.200. The molecule has 0 unspecified atom stereocenters. The van der Waals surface area contributed by atoms with E-state index < -0.39 is 0 Å². The summed E-state index contributed by atoms with van der Waals surface area (Å²) in [7, 11) is 1.68. The van der Waals surface area contributed by atoms with Crippen molar-refractivity contribution >= 4 is 10.8 Å². The highest BCUT2D eigenvalue weighted by atomic mass is 16.5. The van der Waals surface area contributed by atoms with Crippen LogP contribution in [0.25, 0.3) is 10.8 Å². The topological polar surface area (TPSA) is 9.23 Å². The number of benzene rings is 2. The first kappa shape index (κ1) is 10.6. The maximum absolute atomic E-state index is 5.19. The van der Waals surface area contributed by atoms with Crippen molar-refractivity contribution in [2.24, 2.45) is 0 Å². The monoisotopic (exact) mass is 210 g/mol. The lowest BCUT2D eigenvalue weighted by molar-refractivity contribution is 0.415. The highest BCUT2D eigenvalue weighted by molar-refractivity contribution is 5.85. The maximum Gasteiger partial charge on any atom is 0.119 e. The third-order valence-electron chi connectivity index (χ3n) is 2.46. The van der Waals surface area contributed by atoms with Gasteiger partial charge in [0, 0.05) is 12.0 Å². The molecule has 0 spiro atoms. The molecule has 0 fully saturated rings. The van der Waals surface area contributed by atoms with E-state index in [0.717, 1.165) is 17.7 Å². The molecule has 1 nitrogen and oxygen atoms in total. The third kappa shape index (κ3) is 2.17. The van der Waals surface area contributed by atoms with E-state index in [0.29, 0.717) is 0 Å². The van der Waals surface area contributed by atoms with E-state index in [2.05, 4.69) is 37.0 Å². The molecule has 2 aromatic carbocycles. The van der Waals surface area contributed by atoms with Gasteiger partial charge in [0.05, 0.1) is 7.11 Å². The second-order valence-electron chi connectivity index (χ2n) is 3.58. The van der Waals surface area contributed by atoms with Gasteiger partial charge in [0.1, 0.15) is 5.75 Å². The van der Waals surface area contributed by atoms with Crippen molar-refractivity contribution in [3.63, 3.8) is 0 Å². The molecule has 0 N–H and O–H groups in total. The van der Waals surface area contributed by atoms with Gasteiger partial charge in [0.25, 0.3) is 0 Å². The SMILES string of the molecule is CCC#Cc1ccc2cc(OC)ccc2c1. The molecule has 2 rings (SSSR count). The zero-order chi connectivity index (χ0) is 11.4. The molecule has 0 atom stereocenters. The van der Waals surface area contributed by atoms with Gasteiger partial charge in [-0.2, -0.15) is 0 Å². The molecule has 0 radical (unpaired) electrons. The third-order valence-corrected chi connectivity index (χ3v) is 2.46. The molecular weight excluding hydrogens is 196 g/mol. The average Bonchev–Trinajstić information content (AvgIpc) is 2.35. The molecule has 0 bridgehead atoms. The van der Waals surface area contributed by atoms with Gasteiger partial charge in [-0.3, -0.25) is 0 Å². The highest BCUT2D eigenvalue weighted by Crippen LogP contribution is 2.21. The van der Waals surface area contributed by atoms with Crippen LogP contribution in [0.3, 0.4) is 0 Å². The van der Waals surface area contributed by atoms with Crippen LogP contribution in [0.1, 0.15) is 18.9 Å². The lowest BCUT2D eigenvalue weighted by Crippen LogP contribution is -1.83. The number of hydrogen-bond acceptors (Lipinski definition) is 1. The standard InChI is InChI=1S/C15H14O/c1-3-4-5-12-6-7-14-11-15(16-2)9-8-13(14)10-12/h6-11H,3H2,1-2H3. The Balaban J connectivity index is 2.47. The van der Waals surface area contributed by atoms with Crippen molar-refractivity contribution in [3.8, 4) is 17.6 Å². The second-order valence-corrected chi connectivity index (χ2v) is 3.58. The summed E-state index contributed by atoms with van der Waals surface area (Å²) in [6.07, 6.45) is 0.890. The fourth-order valence-electron chi connectivity index (χ4n) is 1.62. The molecule has 0 saturated heterocycles. The minimum Gasteiger partial charge on any atom is -0.497 e. The molecule has 1 heteroatoms. The number of hydrogen-bond donors (Lipinski definition) is 0. The maximum atomic E-state index is 5.19. The van der Waals surface area contributed by atoms with Crippen LogP contribution < -0.4 is 4.74 Å². The quantitative estimate of drug-likeness (QED) is 0.653. The second kappa shape index (κ2) is 4.72. The summed E-state index contributed by atoms with van der Waals surface area (Å²) in [5, 5.41) is 2.38. The lowest BCUT2D eigenvalue weighted by Gasteiger charge is -2.02. The molecule has 0 aliphatic heterocycles. The van der Waals surface area contributed by atoms with Gasteiger partial charge in [0.15, 0.2) is 0 Å². The number of fused-ring (bicyclic) bond motifs is 1. The van der Waals surface area contributed by atoms with Crippen LogP contribution >= 0.6 is 0 Å². The average molecular weight is 210 g/mol. The zero-order valence-corrected chi connectivity index (χ0v) is 9.58. The zero-order valence-electron chi connectivity index (χ0n) is 9.58. The largest absolute Gasteiger partial charge is 0.497 e. The first-order chi connectivity index (χ1) is 7.83. The molecule has 0 aliphatic rings. The van der Waals surface area contributed by atoms with Crippen molar-refractivity contribution in [2.75, 3.05) is 7.11 Å². The fourth-order valence-corrected chi connectivity index (χ4v) is 1.62. The Bertz CT molecular complexity index is 558. The summed E-state index contributed by atoms with van der Waals surface area (Å²) in [6.45, 7) is 2.05. The molecule has 0 aliphatic carbocycles. The first-order valence-corrected chi connectivity index (χ1v) is 5.40. The lowest BCUT2D eigenvalue weighted by atomic mass is 10.1. The van der Waals surface area contributed by atoms with Crippen LogP contribution in [0, 0.1) is 11.8 Å². The molecule has 2 aromatic rings. The van der Waals surface area contributed by atoms with Crippen LogP contribution in [-0.4, -0.2) is 7.11 Å². The van der Waals surface area contributed by atoms with Crippen molar-refractivity contribution in [3.05, 3.63) is 42.0 Å². The van der Waals surface area contributed by atoms with Gasteiger partial charge in [-0.25, -0.2) is 0 Å². The van der Waals surface area contributed by atoms with Crippen molar-refractivity contribution < 1.29 is 4.74 Å². The number of rotatable bonds is 1. The Morgan fingerprint density at radius 2 is 1.81 bits per heavy atom. The number of ether oxygens (including phenoxy) is 1. The van der Waals surface area contributed by atoms with E-state index >= 15 is 0 Å². The van der Waals surface area contributed by atoms with Crippen molar-refractivity contribution in [1.29, 1.82) is 0 Å². The molecule has 0 heterocycles. The molecular formula is C15H14O. The Morgan fingerprint density at radius 3 is 2.56 bits per heavy atom. The van der Waals surface area contributed by atoms with Gasteiger partial charge < -0.3 is 4.74 Å². The molecule has 0 amide bonds. The molecule has 80 valence electrons. The smallest absolute Gasteiger partial charge is 0.119 e. The van der Waals surface area contributed by atoms with Gasteiger partial charge in [-0.05, 0) is 35.0 Å². The van der Waals surface area contributed by atoms with E-state index in [4.69, 9.17) is 4.74 Å². The minimum absolute atomic E-state index is 0.889. The van der Waals surface area contributed by atoms with Gasteiger partial charge in [-0.1, -0.05) is 30.9 Å². The Hall–Kier alpha value is -1.94. The predicted octanol–water partition coefficient (Wildman–Crippen LogP) is 3.61. The van der Waals surface area contributed by atoms with Gasteiger partial charge in [-0.15, -0.1) is 0 Å². The van der Waals surface area contributed by atoms with E-state index in [1.54, 1.807) is 7.11 Å². The van der Waals surface area contributed by atoms with E-state index in [-0.39, 0.29) is 0 Å². The summed E-state index contributed by atoms with van der Waals surface area (Å²) in [5.74, 6) is 7.10. The summed E-state index contributed by atoms with van der Waals surface area (Å²) in [4.78, 5) is 0. The molecule has 16 heavy (non-hydrogen) atoms. The highest BCUT2D eigenvalue weighted by Gasteiger charge is 1.96. The minimum atomic E-state index is 0.889. The van der Waals surface area contributed by atoms with Crippen LogP contribution in [0.5, 0.6) is 5.75 Å². The van der Waals surface area contributed by atoms with Crippen LogP contribution in [0.15, 0.2) is 36.4 Å². The number of methoxy groups -OCH3 is 1. The summed E-state index contributed by atoms with van der Waals surface area (Å²) in [6, 6.07) is 12.3. The first-order valence-electron chi connectivity index (χ1n) is 5.40. The summed E-state index contributed by atoms with van der Waals surface area (Å²) < 4.78 is 5.19. The van der Waals surface area contributed by atoms with Crippen LogP contribution in [-0.2, 0) is 0 Å². The van der Waals surface area contributed by atoms with Gasteiger partial charge in [0.2, 0.25) is 0 Å². The van der Waals surface area contributed by atoms with Crippen molar-refractivity contribution in [2.45, 2.75) is 13.3 Å². The molecule has 0 saturated carbocycles. The van der Waals surface area contributed by atoms with E-state index in [1.807, 2.05) is 18.2 Å². The Kier molecular flexibility index (Phi) is 3.12.